The van der Waals surface area contributed by atoms with Gasteiger partial charge in [0.05, 0.1) is 18.3 Å². The van der Waals surface area contributed by atoms with E-state index in [2.05, 4.69) is 15.9 Å². The number of hydrogen-bond acceptors (Lipinski definition) is 3. The molecule has 7 heteroatoms. The van der Waals surface area contributed by atoms with Crippen molar-refractivity contribution in [3.05, 3.63) is 33.8 Å². The number of nitrogens with two attached hydrogens (primary N) is 1. The summed E-state index contributed by atoms with van der Waals surface area (Å²) in [4.78, 5) is 1.94. The number of morpholine rings is 1. The molecule has 0 aromatic heterocycles. The molecule has 0 aliphatic carbocycles. The zero-order valence-corrected chi connectivity index (χ0v) is 12.4. The van der Waals surface area contributed by atoms with Crippen LogP contribution in [0.25, 0.3) is 0 Å². The molecule has 1 aliphatic heterocycles. The summed E-state index contributed by atoms with van der Waals surface area (Å²) >= 11 is 3.08. The lowest BCUT2D eigenvalue weighted by molar-refractivity contribution is -0.138. The summed E-state index contributed by atoms with van der Waals surface area (Å²) in [7, 11) is 0. The molecule has 2 rings (SSSR count). The second kappa shape index (κ2) is 6.43. The number of nitrogens with zero attached hydrogens (tertiary/aromatic N) is 1. The Bertz CT molecular complexity index is 467. The van der Waals surface area contributed by atoms with Gasteiger partial charge in [0, 0.05) is 30.7 Å². The van der Waals surface area contributed by atoms with Gasteiger partial charge in [0.1, 0.15) is 0 Å². The summed E-state index contributed by atoms with van der Waals surface area (Å²) in [6, 6.07) is 4.27. The average Bonchev–Trinajstić information content (AvgIpc) is 2.40. The lowest BCUT2D eigenvalue weighted by atomic mass is 10.1. The van der Waals surface area contributed by atoms with Gasteiger partial charge in [-0.25, -0.2) is 0 Å². The molecule has 1 heterocycles. The molecule has 1 atom stereocenters. The molecule has 0 spiro atoms. The van der Waals surface area contributed by atoms with E-state index in [1.165, 1.54) is 6.07 Å². The second-order valence-corrected chi connectivity index (χ2v) is 5.68. The Labute approximate surface area is 124 Å². The van der Waals surface area contributed by atoms with Gasteiger partial charge in [-0.15, -0.1) is 0 Å². The smallest absolute Gasteiger partial charge is 0.374 e. The number of hydrogen-bond donors (Lipinski definition) is 1. The van der Waals surface area contributed by atoms with Gasteiger partial charge in [-0.05, 0) is 17.7 Å². The predicted octanol–water partition coefficient (Wildman–Crippen LogP) is 2.63. The van der Waals surface area contributed by atoms with Gasteiger partial charge in [0.15, 0.2) is 0 Å². The van der Waals surface area contributed by atoms with Crippen LogP contribution >= 0.6 is 15.9 Å². The first kappa shape index (κ1) is 15.8. The fourth-order valence-corrected chi connectivity index (χ4v) is 2.62. The highest BCUT2D eigenvalue weighted by atomic mass is 79.9. The van der Waals surface area contributed by atoms with Crippen molar-refractivity contribution in [2.24, 2.45) is 5.73 Å². The Morgan fingerprint density at radius 2 is 2.15 bits per heavy atom. The molecule has 3 nitrogen and oxygen atoms in total. The van der Waals surface area contributed by atoms with Gasteiger partial charge in [-0.3, -0.25) is 4.90 Å². The Hall–Kier alpha value is -0.630. The van der Waals surface area contributed by atoms with E-state index >= 15 is 0 Å². The van der Waals surface area contributed by atoms with Crippen molar-refractivity contribution in [2.45, 2.75) is 18.8 Å². The predicted molar refractivity (Wildman–Crippen MR) is 73.2 cm³/mol. The van der Waals surface area contributed by atoms with Crippen molar-refractivity contribution >= 4 is 15.9 Å². The SMILES string of the molecule is NCC1CN(Cc2ccc(Br)cc2C(F)(F)F)CCO1. The minimum atomic E-state index is -4.35. The van der Waals surface area contributed by atoms with Crippen molar-refractivity contribution in [1.29, 1.82) is 0 Å². The minimum absolute atomic E-state index is 0.103. The van der Waals surface area contributed by atoms with Gasteiger partial charge in [-0.1, -0.05) is 22.0 Å². The number of alkyl halides is 3. The van der Waals surface area contributed by atoms with E-state index in [1.54, 1.807) is 6.07 Å². The molecule has 1 aromatic rings. The standard InChI is InChI=1S/C13H16BrF3N2O/c14-10-2-1-9(12(5-10)13(15,16)17)7-19-3-4-20-11(6-18)8-19/h1-2,5,11H,3-4,6-8,18H2. The quantitative estimate of drug-likeness (QED) is 0.908. The number of halogens is 4. The maximum absolute atomic E-state index is 13.0. The van der Waals surface area contributed by atoms with Crippen molar-refractivity contribution in [2.75, 3.05) is 26.2 Å². The minimum Gasteiger partial charge on any atom is -0.374 e. The van der Waals surface area contributed by atoms with Crippen LogP contribution in [0, 0.1) is 0 Å². The molecule has 1 aromatic carbocycles. The maximum atomic E-state index is 13.0. The van der Waals surface area contributed by atoms with Crippen LogP contribution in [0.5, 0.6) is 0 Å². The van der Waals surface area contributed by atoms with Crippen molar-refractivity contribution in [1.82, 2.24) is 4.90 Å². The first-order chi connectivity index (χ1) is 9.40. The summed E-state index contributed by atoms with van der Waals surface area (Å²) in [5, 5.41) is 0. The molecule has 0 saturated carbocycles. The van der Waals surface area contributed by atoms with E-state index < -0.39 is 11.7 Å². The summed E-state index contributed by atoms with van der Waals surface area (Å²) in [5.41, 5.74) is 5.22. The van der Waals surface area contributed by atoms with E-state index in [0.717, 1.165) is 6.07 Å². The van der Waals surface area contributed by atoms with Crippen molar-refractivity contribution in [3.8, 4) is 0 Å². The summed E-state index contributed by atoms with van der Waals surface area (Å²) in [6.07, 6.45) is -4.45. The maximum Gasteiger partial charge on any atom is 0.416 e. The molecular weight excluding hydrogens is 337 g/mol. The Morgan fingerprint density at radius 1 is 1.40 bits per heavy atom. The molecule has 1 saturated heterocycles. The molecule has 112 valence electrons. The highest BCUT2D eigenvalue weighted by Gasteiger charge is 2.34. The lowest BCUT2D eigenvalue weighted by Crippen LogP contribution is -2.45. The number of rotatable bonds is 3. The zero-order valence-electron chi connectivity index (χ0n) is 10.8. The highest BCUT2D eigenvalue weighted by molar-refractivity contribution is 9.10. The molecule has 20 heavy (non-hydrogen) atoms. The summed E-state index contributed by atoms with van der Waals surface area (Å²) in [6.45, 7) is 2.30. The van der Waals surface area contributed by atoms with Crippen LogP contribution < -0.4 is 5.73 Å². The largest absolute Gasteiger partial charge is 0.416 e. The Balaban J connectivity index is 2.16. The van der Waals surface area contributed by atoms with Gasteiger partial charge < -0.3 is 10.5 Å². The van der Waals surface area contributed by atoms with E-state index in [4.69, 9.17) is 10.5 Å². The summed E-state index contributed by atoms with van der Waals surface area (Å²) < 4.78 is 45.0. The number of benzene rings is 1. The summed E-state index contributed by atoms with van der Waals surface area (Å²) in [5.74, 6) is 0. The molecule has 2 N–H and O–H groups in total. The van der Waals surface area contributed by atoms with Gasteiger partial charge >= 0.3 is 6.18 Å². The second-order valence-electron chi connectivity index (χ2n) is 4.76. The third-order valence-corrected chi connectivity index (χ3v) is 3.75. The fraction of sp³-hybridized carbons (Fsp3) is 0.538. The van der Waals surface area contributed by atoms with E-state index in [9.17, 15) is 13.2 Å². The monoisotopic (exact) mass is 352 g/mol. The molecule has 1 unspecified atom stereocenters. The Kier molecular flexibility index (Phi) is 5.06. The average molecular weight is 353 g/mol. The molecular formula is C13H16BrF3N2O. The van der Waals surface area contributed by atoms with Crippen LogP contribution in [0.3, 0.4) is 0 Å². The van der Waals surface area contributed by atoms with Crippen LogP contribution in [0.2, 0.25) is 0 Å². The highest BCUT2D eigenvalue weighted by Crippen LogP contribution is 2.34. The third kappa shape index (κ3) is 3.94. The van der Waals surface area contributed by atoms with Crippen molar-refractivity contribution in [3.63, 3.8) is 0 Å². The van der Waals surface area contributed by atoms with Crippen LogP contribution in [-0.2, 0) is 17.5 Å². The first-order valence-corrected chi connectivity index (χ1v) is 7.09. The fourth-order valence-electron chi connectivity index (χ4n) is 2.26. The van der Waals surface area contributed by atoms with Gasteiger partial charge in [-0.2, -0.15) is 13.2 Å². The first-order valence-electron chi connectivity index (χ1n) is 6.30. The topological polar surface area (TPSA) is 38.5 Å². The molecule has 1 aliphatic rings. The lowest BCUT2D eigenvalue weighted by Gasteiger charge is -2.32. The molecule has 0 radical (unpaired) electrons. The van der Waals surface area contributed by atoms with Crippen LogP contribution in [0.1, 0.15) is 11.1 Å². The van der Waals surface area contributed by atoms with Gasteiger partial charge in [0.2, 0.25) is 0 Å². The van der Waals surface area contributed by atoms with Crippen molar-refractivity contribution < 1.29 is 17.9 Å². The third-order valence-electron chi connectivity index (χ3n) is 3.26. The van der Waals surface area contributed by atoms with E-state index in [0.29, 0.717) is 30.7 Å². The molecule has 0 bridgehead atoms. The van der Waals surface area contributed by atoms with Crippen LogP contribution in [0.15, 0.2) is 22.7 Å². The van der Waals surface area contributed by atoms with Gasteiger partial charge in [0.25, 0.3) is 0 Å². The Morgan fingerprint density at radius 3 is 2.80 bits per heavy atom. The van der Waals surface area contributed by atoms with Crippen LogP contribution in [0.4, 0.5) is 13.2 Å². The van der Waals surface area contributed by atoms with Crippen LogP contribution in [-0.4, -0.2) is 37.2 Å². The zero-order chi connectivity index (χ0) is 14.8. The van der Waals surface area contributed by atoms with E-state index in [-0.39, 0.29) is 18.2 Å². The van der Waals surface area contributed by atoms with E-state index in [1.807, 2.05) is 4.90 Å². The normalized spacial score (nSPS) is 21.1. The number of ether oxygens (including phenoxy) is 1. The molecule has 1 fully saturated rings. The molecule has 0 amide bonds.